The summed E-state index contributed by atoms with van der Waals surface area (Å²) in [4.78, 5) is 13.1. The first-order valence-corrected chi connectivity index (χ1v) is 14.1. The number of carboxylic acids is 1. The number of likely N-dealkylation sites (N-methyl/N-ethyl adjacent to an activating group) is 1. The van der Waals surface area contributed by atoms with Gasteiger partial charge in [0.05, 0.1) is 12.1 Å². The summed E-state index contributed by atoms with van der Waals surface area (Å²) in [5, 5.41) is 31.1. The van der Waals surface area contributed by atoms with Crippen LogP contribution in [0.4, 0.5) is 0 Å². The van der Waals surface area contributed by atoms with Gasteiger partial charge < -0.3 is 24.6 Å². The molecule has 2 N–H and O–H groups in total. The molecule has 0 saturated carbocycles. The highest BCUT2D eigenvalue weighted by atomic mass is 16.5. The van der Waals surface area contributed by atoms with Crippen LogP contribution in [0.1, 0.15) is 50.8 Å². The number of aromatic hydroxyl groups is 1. The Morgan fingerprint density at radius 1 is 1.17 bits per heavy atom. The number of carbonyl (C=O) groups is 1. The van der Waals surface area contributed by atoms with Gasteiger partial charge in [-0.3, -0.25) is 4.79 Å². The molecule has 5 atom stereocenters. The van der Waals surface area contributed by atoms with Gasteiger partial charge in [0, 0.05) is 35.4 Å². The minimum Gasteiger partial charge on any atom is -0.504 e. The second-order valence-corrected chi connectivity index (χ2v) is 12.5. The van der Waals surface area contributed by atoms with Crippen LogP contribution in [0.3, 0.4) is 0 Å². The van der Waals surface area contributed by atoms with Crippen LogP contribution in [0.25, 0.3) is 11.4 Å². The standard InChI is InChI=1S/C29H33N5O3.C2H4O2/c1-28(2,3)34-31-27(30-32-34)18-7-5-17(6-8-18)16-36-23-12-10-20-21-15-19-9-11-22(35)25-24(19)29(20,26(23)37-25)13-14-33(21)4;1-2(3)4/h5-12,20-21,23,26,35H,13-16H2,1-4H3;1H3,(H,3,4)/t20-,21+,23-,26-,29-;/m0./s1. The summed E-state index contributed by atoms with van der Waals surface area (Å²) in [5.74, 6) is 1.06. The Morgan fingerprint density at radius 2 is 1.90 bits per heavy atom. The summed E-state index contributed by atoms with van der Waals surface area (Å²) in [6, 6.07) is 12.5. The van der Waals surface area contributed by atoms with Gasteiger partial charge in [0.1, 0.15) is 12.2 Å². The van der Waals surface area contributed by atoms with Crippen molar-refractivity contribution < 1.29 is 24.5 Å². The van der Waals surface area contributed by atoms with Crippen molar-refractivity contribution in [3.63, 3.8) is 0 Å². The number of aromatic nitrogens is 4. The molecule has 216 valence electrons. The zero-order valence-electron chi connectivity index (χ0n) is 24.1. The molecule has 2 aromatic carbocycles. The van der Waals surface area contributed by atoms with Crippen LogP contribution in [-0.4, -0.2) is 73.1 Å². The minimum atomic E-state index is -0.833. The Morgan fingerprint density at radius 3 is 2.59 bits per heavy atom. The van der Waals surface area contributed by atoms with Gasteiger partial charge in [0.2, 0.25) is 5.82 Å². The number of tetrazole rings is 1. The SMILES string of the molecule is CC(=O)O.CN1CC[C@]23c4c5ccc(O)c4O[C@H]2[C@@H](OCc2ccc(-c4nnn(C(C)(C)C)n4)cc2)C=C[C@H]3[C@H]1C5. The topological polar surface area (TPSA) is 123 Å². The van der Waals surface area contributed by atoms with Gasteiger partial charge in [-0.2, -0.15) is 4.80 Å². The number of phenolic OH excluding ortho intramolecular Hbond substituents is 1. The molecule has 7 rings (SSSR count). The molecule has 2 aliphatic heterocycles. The summed E-state index contributed by atoms with van der Waals surface area (Å²) in [7, 11) is 2.23. The van der Waals surface area contributed by atoms with Crippen molar-refractivity contribution in [3.8, 4) is 22.9 Å². The maximum atomic E-state index is 10.7. The molecule has 1 aromatic heterocycles. The number of carboxylic acid groups (broad SMARTS) is 1. The predicted octanol–water partition coefficient (Wildman–Crippen LogP) is 3.92. The number of nitrogens with zero attached hydrogens (tertiary/aromatic N) is 5. The first-order chi connectivity index (χ1) is 19.5. The van der Waals surface area contributed by atoms with Crippen molar-refractivity contribution in [3.05, 3.63) is 65.2 Å². The molecule has 2 aliphatic carbocycles. The lowest BCUT2D eigenvalue weighted by Gasteiger charge is -2.56. The molecule has 1 fully saturated rings. The molecular weight excluding hydrogens is 522 g/mol. The monoisotopic (exact) mass is 559 g/mol. The first kappa shape index (κ1) is 27.4. The van der Waals surface area contributed by atoms with Crippen LogP contribution >= 0.6 is 0 Å². The van der Waals surface area contributed by atoms with Crippen molar-refractivity contribution in [2.45, 2.75) is 76.3 Å². The number of likely N-dealkylation sites (tertiary alicyclic amines) is 1. The van der Waals surface area contributed by atoms with Crippen LogP contribution < -0.4 is 4.74 Å². The molecule has 1 spiro atoms. The van der Waals surface area contributed by atoms with Gasteiger partial charge in [-0.15, -0.1) is 10.2 Å². The smallest absolute Gasteiger partial charge is 0.300 e. The fourth-order valence-electron chi connectivity index (χ4n) is 6.92. The van der Waals surface area contributed by atoms with E-state index in [-0.39, 0.29) is 28.9 Å². The van der Waals surface area contributed by atoms with Gasteiger partial charge in [0.15, 0.2) is 11.5 Å². The van der Waals surface area contributed by atoms with E-state index in [4.69, 9.17) is 19.4 Å². The summed E-state index contributed by atoms with van der Waals surface area (Å²) in [6.07, 6.45) is 6.21. The second kappa shape index (κ2) is 9.95. The first-order valence-electron chi connectivity index (χ1n) is 14.1. The van der Waals surface area contributed by atoms with E-state index < -0.39 is 5.97 Å². The minimum absolute atomic E-state index is 0.142. The third kappa shape index (κ3) is 4.59. The van der Waals surface area contributed by atoms with Gasteiger partial charge in [-0.1, -0.05) is 42.5 Å². The summed E-state index contributed by atoms with van der Waals surface area (Å²) in [6.45, 7) is 8.72. The number of hydrogen-bond donors (Lipinski definition) is 2. The fraction of sp³-hybridized carbons (Fsp3) is 0.484. The third-order valence-corrected chi connectivity index (χ3v) is 8.80. The number of rotatable bonds is 4. The molecule has 3 heterocycles. The van der Waals surface area contributed by atoms with Crippen LogP contribution in [0.15, 0.2) is 48.6 Å². The average Bonchev–Trinajstić information content (AvgIpc) is 3.55. The van der Waals surface area contributed by atoms with Gasteiger partial charge in [-0.25, -0.2) is 0 Å². The summed E-state index contributed by atoms with van der Waals surface area (Å²) < 4.78 is 13.1. The number of benzene rings is 2. The highest BCUT2D eigenvalue weighted by Crippen LogP contribution is 2.62. The van der Waals surface area contributed by atoms with E-state index in [1.807, 2.05) is 32.9 Å². The van der Waals surface area contributed by atoms with Gasteiger partial charge in [-0.05, 0) is 69.6 Å². The van der Waals surface area contributed by atoms with Gasteiger partial charge in [0.25, 0.3) is 5.97 Å². The Kier molecular flexibility index (Phi) is 6.66. The highest BCUT2D eigenvalue weighted by Gasteiger charge is 2.64. The van der Waals surface area contributed by atoms with Crippen molar-refractivity contribution in [2.24, 2.45) is 5.92 Å². The van der Waals surface area contributed by atoms with Crippen molar-refractivity contribution in [2.75, 3.05) is 13.6 Å². The number of ether oxygens (including phenoxy) is 2. The third-order valence-electron chi connectivity index (χ3n) is 8.80. The highest BCUT2D eigenvalue weighted by molar-refractivity contribution is 5.63. The summed E-state index contributed by atoms with van der Waals surface area (Å²) >= 11 is 0. The largest absolute Gasteiger partial charge is 0.504 e. The van der Waals surface area contributed by atoms with Crippen LogP contribution in [0.5, 0.6) is 11.5 Å². The molecule has 0 amide bonds. The maximum absolute atomic E-state index is 10.7. The molecule has 10 nitrogen and oxygen atoms in total. The van der Waals surface area contributed by atoms with Crippen molar-refractivity contribution >= 4 is 5.97 Å². The average molecular weight is 560 g/mol. The fourth-order valence-corrected chi connectivity index (χ4v) is 6.92. The van der Waals surface area contributed by atoms with E-state index in [1.54, 1.807) is 10.9 Å². The lowest BCUT2D eigenvalue weighted by molar-refractivity contribution is -0.134. The maximum Gasteiger partial charge on any atom is 0.300 e. The zero-order chi connectivity index (χ0) is 29.1. The van der Waals surface area contributed by atoms with E-state index in [0.29, 0.717) is 30.1 Å². The Balaban J connectivity index is 0.000000712. The lowest BCUT2D eigenvalue weighted by Crippen LogP contribution is -2.65. The number of hydrogen-bond acceptors (Lipinski definition) is 8. The van der Waals surface area contributed by atoms with Crippen LogP contribution in [0.2, 0.25) is 0 Å². The van der Waals surface area contributed by atoms with Crippen LogP contribution in [-0.2, 0) is 33.5 Å². The second-order valence-electron chi connectivity index (χ2n) is 12.5. The normalized spacial score (nSPS) is 27.4. The summed E-state index contributed by atoms with van der Waals surface area (Å²) in [5.41, 5.74) is 4.18. The lowest BCUT2D eigenvalue weighted by atomic mass is 9.53. The van der Waals surface area contributed by atoms with E-state index >= 15 is 0 Å². The zero-order valence-corrected chi connectivity index (χ0v) is 24.1. The predicted molar refractivity (Wildman–Crippen MR) is 152 cm³/mol. The van der Waals surface area contributed by atoms with E-state index in [1.165, 1.54) is 11.1 Å². The molecule has 10 heteroatoms. The number of aliphatic carboxylic acids is 1. The molecule has 2 bridgehead atoms. The van der Waals surface area contributed by atoms with Gasteiger partial charge >= 0.3 is 0 Å². The molecule has 4 aliphatic rings. The number of phenols is 1. The molecule has 3 aromatic rings. The van der Waals surface area contributed by atoms with Crippen molar-refractivity contribution in [1.29, 1.82) is 0 Å². The van der Waals surface area contributed by atoms with Crippen LogP contribution in [0, 0.1) is 5.92 Å². The van der Waals surface area contributed by atoms with E-state index in [0.717, 1.165) is 37.4 Å². The molecule has 0 unspecified atom stereocenters. The molecule has 41 heavy (non-hydrogen) atoms. The Labute approximate surface area is 239 Å². The van der Waals surface area contributed by atoms with Crippen molar-refractivity contribution in [1.82, 2.24) is 25.1 Å². The quantitative estimate of drug-likeness (QED) is 0.458. The molecule has 1 saturated heterocycles. The number of piperidine rings is 1. The Bertz CT molecular complexity index is 1490. The molecule has 0 radical (unpaired) electrons. The molecular formula is C31H37N5O5. The van der Waals surface area contributed by atoms with E-state index in [2.05, 4.69) is 57.7 Å². The Hall–Kier alpha value is -3.76. The van der Waals surface area contributed by atoms with E-state index in [9.17, 15) is 5.11 Å².